The van der Waals surface area contributed by atoms with E-state index in [9.17, 15) is 4.79 Å². The lowest BCUT2D eigenvalue weighted by atomic mass is 10.1. The van der Waals surface area contributed by atoms with E-state index >= 15 is 0 Å². The van der Waals surface area contributed by atoms with E-state index in [2.05, 4.69) is 15.9 Å². The van der Waals surface area contributed by atoms with Gasteiger partial charge in [0.1, 0.15) is 6.61 Å². The summed E-state index contributed by atoms with van der Waals surface area (Å²) < 4.78 is 6.32. The third-order valence-electron chi connectivity index (χ3n) is 2.74. The highest BCUT2D eigenvalue weighted by molar-refractivity contribution is 9.10. The molecule has 0 unspecified atom stereocenters. The Morgan fingerprint density at radius 1 is 1.05 bits per heavy atom. The van der Waals surface area contributed by atoms with Crippen LogP contribution in [-0.2, 0) is 11.3 Å². The number of aryl methyl sites for hydroxylation is 2. The monoisotopic (exact) mass is 318 g/mol. The van der Waals surface area contributed by atoms with Crippen molar-refractivity contribution in [1.29, 1.82) is 0 Å². The number of hydrogen-bond donors (Lipinski definition) is 0. The third kappa shape index (κ3) is 3.93. The van der Waals surface area contributed by atoms with Crippen molar-refractivity contribution in [2.24, 2.45) is 0 Å². The van der Waals surface area contributed by atoms with E-state index in [1.54, 1.807) is 0 Å². The summed E-state index contributed by atoms with van der Waals surface area (Å²) in [6, 6.07) is 13.4. The molecule has 0 amide bonds. The second-order valence-corrected chi connectivity index (χ2v) is 5.49. The van der Waals surface area contributed by atoms with Gasteiger partial charge in [-0.3, -0.25) is 0 Å². The maximum atomic E-state index is 12.0. The van der Waals surface area contributed by atoms with Crippen molar-refractivity contribution in [3.8, 4) is 0 Å². The van der Waals surface area contributed by atoms with Gasteiger partial charge in [-0.05, 0) is 43.7 Å². The molecule has 0 aliphatic carbocycles. The predicted molar refractivity (Wildman–Crippen MR) is 79.2 cm³/mol. The van der Waals surface area contributed by atoms with Gasteiger partial charge in [0.25, 0.3) is 0 Å². The molecule has 0 spiro atoms. The van der Waals surface area contributed by atoms with E-state index in [4.69, 9.17) is 4.74 Å². The molecular weight excluding hydrogens is 304 g/mol. The molecule has 2 aromatic rings. The highest BCUT2D eigenvalue weighted by Crippen LogP contribution is 2.13. The second-order valence-electron chi connectivity index (χ2n) is 4.58. The van der Waals surface area contributed by atoms with Gasteiger partial charge in [-0.15, -0.1) is 0 Å². The molecule has 0 bridgehead atoms. The molecule has 3 heteroatoms. The molecular formula is C16H15BrO2. The molecule has 0 aliphatic rings. The average molecular weight is 319 g/mol. The van der Waals surface area contributed by atoms with E-state index < -0.39 is 0 Å². The van der Waals surface area contributed by atoms with Gasteiger partial charge in [0.2, 0.25) is 0 Å². The van der Waals surface area contributed by atoms with Crippen LogP contribution < -0.4 is 0 Å². The SMILES string of the molecule is Cc1cc(C)cc(C(=O)OCc2ccc(Br)cc2)c1. The summed E-state index contributed by atoms with van der Waals surface area (Å²) in [7, 11) is 0. The maximum Gasteiger partial charge on any atom is 0.338 e. The van der Waals surface area contributed by atoms with E-state index in [1.807, 2.05) is 56.3 Å². The molecule has 0 aromatic heterocycles. The largest absolute Gasteiger partial charge is 0.457 e. The van der Waals surface area contributed by atoms with Crippen LogP contribution >= 0.6 is 15.9 Å². The van der Waals surface area contributed by atoms with Crippen molar-refractivity contribution >= 4 is 21.9 Å². The van der Waals surface area contributed by atoms with Crippen molar-refractivity contribution in [2.75, 3.05) is 0 Å². The third-order valence-corrected chi connectivity index (χ3v) is 3.27. The first-order valence-electron chi connectivity index (χ1n) is 6.04. The first-order chi connectivity index (χ1) is 9.04. The van der Waals surface area contributed by atoms with E-state index in [0.29, 0.717) is 12.2 Å². The number of rotatable bonds is 3. The van der Waals surface area contributed by atoms with Crippen molar-refractivity contribution in [3.05, 3.63) is 69.2 Å². The standard InChI is InChI=1S/C16H15BrO2/c1-11-7-12(2)9-14(8-11)16(18)19-10-13-3-5-15(17)6-4-13/h3-9H,10H2,1-2H3. The fourth-order valence-corrected chi connectivity index (χ4v) is 2.17. The van der Waals surface area contributed by atoms with Gasteiger partial charge >= 0.3 is 5.97 Å². The Labute approximate surface area is 121 Å². The molecule has 98 valence electrons. The second kappa shape index (κ2) is 6.02. The van der Waals surface area contributed by atoms with Gasteiger partial charge in [-0.1, -0.05) is 45.3 Å². The van der Waals surface area contributed by atoms with Gasteiger partial charge in [0.15, 0.2) is 0 Å². The summed E-state index contributed by atoms with van der Waals surface area (Å²) in [5, 5.41) is 0. The number of hydrogen-bond acceptors (Lipinski definition) is 2. The summed E-state index contributed by atoms with van der Waals surface area (Å²) >= 11 is 3.37. The van der Waals surface area contributed by atoms with Crippen LogP contribution in [0.2, 0.25) is 0 Å². The summed E-state index contributed by atoms with van der Waals surface area (Å²) in [4.78, 5) is 12.0. The van der Waals surface area contributed by atoms with Gasteiger partial charge < -0.3 is 4.74 Å². The van der Waals surface area contributed by atoms with Crippen molar-refractivity contribution in [1.82, 2.24) is 0 Å². The van der Waals surface area contributed by atoms with Crippen molar-refractivity contribution < 1.29 is 9.53 Å². The Balaban J connectivity index is 2.03. The Bertz CT molecular complexity index is 568. The van der Waals surface area contributed by atoms with Gasteiger partial charge in [-0.25, -0.2) is 4.79 Å². The molecule has 19 heavy (non-hydrogen) atoms. The molecule has 0 atom stereocenters. The van der Waals surface area contributed by atoms with Crippen LogP contribution in [0.1, 0.15) is 27.0 Å². The van der Waals surface area contributed by atoms with Crippen LogP contribution in [-0.4, -0.2) is 5.97 Å². The zero-order valence-corrected chi connectivity index (χ0v) is 12.5. The Kier molecular flexibility index (Phi) is 4.38. The van der Waals surface area contributed by atoms with Crippen LogP contribution in [0.25, 0.3) is 0 Å². The highest BCUT2D eigenvalue weighted by atomic mass is 79.9. The lowest BCUT2D eigenvalue weighted by molar-refractivity contribution is 0.0472. The number of ether oxygens (including phenoxy) is 1. The minimum atomic E-state index is -0.283. The summed E-state index contributed by atoms with van der Waals surface area (Å²) in [6.07, 6.45) is 0. The van der Waals surface area contributed by atoms with E-state index in [1.165, 1.54) is 0 Å². The predicted octanol–water partition coefficient (Wildman–Crippen LogP) is 4.42. The van der Waals surface area contributed by atoms with Gasteiger partial charge in [0, 0.05) is 4.47 Å². The minimum Gasteiger partial charge on any atom is -0.457 e. The minimum absolute atomic E-state index is 0.283. The number of carbonyl (C=O) groups is 1. The van der Waals surface area contributed by atoms with Crippen LogP contribution in [0.15, 0.2) is 46.9 Å². The molecule has 0 heterocycles. The molecule has 2 rings (SSSR count). The Hall–Kier alpha value is -1.61. The van der Waals surface area contributed by atoms with Gasteiger partial charge in [0.05, 0.1) is 5.56 Å². The first-order valence-corrected chi connectivity index (χ1v) is 6.84. The molecule has 0 fully saturated rings. The smallest absolute Gasteiger partial charge is 0.338 e. The number of halogens is 1. The Morgan fingerprint density at radius 3 is 2.21 bits per heavy atom. The number of carbonyl (C=O) groups excluding carboxylic acids is 1. The van der Waals surface area contributed by atoms with Crippen LogP contribution in [0.3, 0.4) is 0 Å². The molecule has 0 saturated carbocycles. The zero-order valence-electron chi connectivity index (χ0n) is 10.9. The summed E-state index contributed by atoms with van der Waals surface area (Å²) in [5.41, 5.74) is 3.71. The maximum absolute atomic E-state index is 12.0. The summed E-state index contributed by atoms with van der Waals surface area (Å²) in [6.45, 7) is 4.23. The van der Waals surface area contributed by atoms with Crippen molar-refractivity contribution in [3.63, 3.8) is 0 Å². The zero-order chi connectivity index (χ0) is 13.8. The fraction of sp³-hybridized carbons (Fsp3) is 0.188. The molecule has 0 saturated heterocycles. The molecule has 2 nitrogen and oxygen atoms in total. The topological polar surface area (TPSA) is 26.3 Å². The lowest BCUT2D eigenvalue weighted by Gasteiger charge is -2.07. The van der Waals surface area contributed by atoms with Crippen molar-refractivity contribution in [2.45, 2.75) is 20.5 Å². The van der Waals surface area contributed by atoms with Crippen LogP contribution in [0.4, 0.5) is 0 Å². The normalized spacial score (nSPS) is 10.3. The molecule has 2 aromatic carbocycles. The quantitative estimate of drug-likeness (QED) is 0.783. The number of esters is 1. The molecule has 0 radical (unpaired) electrons. The molecule has 0 N–H and O–H groups in total. The summed E-state index contributed by atoms with van der Waals surface area (Å²) in [5.74, 6) is -0.283. The fourth-order valence-electron chi connectivity index (χ4n) is 1.91. The van der Waals surface area contributed by atoms with Gasteiger partial charge in [-0.2, -0.15) is 0 Å². The van der Waals surface area contributed by atoms with Crippen LogP contribution in [0, 0.1) is 13.8 Å². The Morgan fingerprint density at radius 2 is 1.63 bits per heavy atom. The highest BCUT2D eigenvalue weighted by Gasteiger charge is 2.08. The van der Waals surface area contributed by atoms with E-state index in [-0.39, 0.29) is 5.97 Å². The number of benzene rings is 2. The average Bonchev–Trinajstić information content (AvgIpc) is 2.36. The van der Waals surface area contributed by atoms with Crippen LogP contribution in [0.5, 0.6) is 0 Å². The molecule has 0 aliphatic heterocycles. The van der Waals surface area contributed by atoms with E-state index in [0.717, 1.165) is 21.2 Å². The lowest BCUT2D eigenvalue weighted by Crippen LogP contribution is -2.05. The first kappa shape index (κ1) is 13.8.